The number of hydrogen-bond acceptors (Lipinski definition) is 4. The predicted molar refractivity (Wildman–Crippen MR) is 130 cm³/mol. The highest BCUT2D eigenvalue weighted by Gasteiger charge is 2.26. The van der Waals surface area contributed by atoms with Crippen LogP contribution in [0.1, 0.15) is 17.5 Å². The zero-order valence-electron chi connectivity index (χ0n) is 17.6. The molecule has 2 aliphatic rings. The van der Waals surface area contributed by atoms with Crippen LogP contribution in [0.5, 0.6) is 0 Å². The number of rotatable bonds is 4. The van der Waals surface area contributed by atoms with Crippen molar-refractivity contribution in [3.8, 4) is 0 Å². The molecule has 2 aromatic rings. The largest absolute Gasteiger partial charge is 0.352 e. The van der Waals surface area contributed by atoms with Gasteiger partial charge in [-0.15, -0.1) is 24.0 Å². The van der Waals surface area contributed by atoms with E-state index in [9.17, 15) is 9.18 Å². The summed E-state index contributed by atoms with van der Waals surface area (Å²) in [5.41, 5.74) is 2.54. The number of halogens is 2. The number of carbonyl (C=O) groups excluding carboxylic acids is 1. The van der Waals surface area contributed by atoms with Crippen LogP contribution >= 0.6 is 24.0 Å². The second-order valence-corrected chi connectivity index (χ2v) is 7.64. The summed E-state index contributed by atoms with van der Waals surface area (Å²) in [4.78, 5) is 24.9. The lowest BCUT2D eigenvalue weighted by Crippen LogP contribution is -2.49. The van der Waals surface area contributed by atoms with Gasteiger partial charge in [-0.25, -0.2) is 9.37 Å². The number of nitrogens with one attached hydrogen (secondary N) is 2. The Kier molecular flexibility index (Phi) is 8.05. The molecule has 9 heteroatoms. The molecule has 0 spiro atoms. The maximum atomic E-state index is 14.0. The Labute approximate surface area is 199 Å². The minimum absolute atomic E-state index is 0. The molecule has 0 bridgehead atoms. The van der Waals surface area contributed by atoms with Crippen molar-refractivity contribution in [3.63, 3.8) is 0 Å². The van der Waals surface area contributed by atoms with Crippen molar-refractivity contribution in [1.29, 1.82) is 0 Å². The van der Waals surface area contributed by atoms with Crippen LogP contribution in [0.25, 0.3) is 0 Å². The monoisotopic (exact) mass is 538 g/mol. The quantitative estimate of drug-likeness (QED) is 0.355. The Morgan fingerprint density at radius 3 is 2.81 bits per heavy atom. The fourth-order valence-corrected chi connectivity index (χ4v) is 4.05. The second-order valence-electron chi connectivity index (χ2n) is 7.64. The highest BCUT2D eigenvalue weighted by atomic mass is 127. The smallest absolute Gasteiger partial charge is 0.242 e. The number of pyridine rings is 1. The summed E-state index contributed by atoms with van der Waals surface area (Å²) in [6.45, 7) is 2.92. The number of guanidine groups is 1. The van der Waals surface area contributed by atoms with Crippen molar-refractivity contribution in [3.05, 3.63) is 59.5 Å². The molecule has 0 radical (unpaired) electrons. The van der Waals surface area contributed by atoms with E-state index in [1.807, 2.05) is 21.9 Å². The van der Waals surface area contributed by atoms with Gasteiger partial charge in [0.15, 0.2) is 17.6 Å². The van der Waals surface area contributed by atoms with E-state index in [1.54, 1.807) is 19.3 Å². The molecule has 2 aliphatic heterocycles. The first-order chi connectivity index (χ1) is 14.6. The van der Waals surface area contributed by atoms with Crippen LogP contribution in [0, 0.1) is 5.82 Å². The van der Waals surface area contributed by atoms with Gasteiger partial charge < -0.3 is 20.4 Å². The molecular weight excluding hydrogens is 510 g/mol. The van der Waals surface area contributed by atoms with Gasteiger partial charge >= 0.3 is 0 Å². The first-order valence-corrected chi connectivity index (χ1v) is 10.3. The lowest BCUT2D eigenvalue weighted by Gasteiger charge is -2.29. The number of anilines is 1. The van der Waals surface area contributed by atoms with Crippen molar-refractivity contribution >= 4 is 41.7 Å². The van der Waals surface area contributed by atoms with Crippen LogP contribution in [0.2, 0.25) is 0 Å². The zero-order valence-corrected chi connectivity index (χ0v) is 19.9. The molecule has 1 unspecified atom stereocenters. The maximum absolute atomic E-state index is 14.0. The number of fused-ring (bicyclic) bond motifs is 1. The number of amides is 1. The summed E-state index contributed by atoms with van der Waals surface area (Å²) >= 11 is 0. The lowest BCUT2D eigenvalue weighted by atomic mass is 10.00. The highest BCUT2D eigenvalue weighted by Crippen LogP contribution is 2.21. The normalized spacial score (nSPS) is 18.3. The van der Waals surface area contributed by atoms with Crippen LogP contribution in [0.4, 0.5) is 10.2 Å². The third-order valence-corrected chi connectivity index (χ3v) is 5.68. The molecule has 1 saturated heterocycles. The third kappa shape index (κ3) is 5.63. The Bertz CT molecular complexity index is 940. The Hall–Kier alpha value is -2.43. The van der Waals surface area contributed by atoms with E-state index in [0.717, 1.165) is 19.4 Å². The number of carbonyl (C=O) groups is 1. The van der Waals surface area contributed by atoms with Crippen LogP contribution in [-0.4, -0.2) is 61.0 Å². The van der Waals surface area contributed by atoms with Crippen molar-refractivity contribution < 1.29 is 9.18 Å². The van der Waals surface area contributed by atoms with E-state index in [4.69, 9.17) is 0 Å². The summed E-state index contributed by atoms with van der Waals surface area (Å²) in [5, 5.41) is 6.46. The molecule has 3 heterocycles. The molecule has 1 amide bonds. The molecule has 0 saturated carbocycles. The van der Waals surface area contributed by atoms with Gasteiger partial charge in [-0.05, 0) is 36.1 Å². The summed E-state index contributed by atoms with van der Waals surface area (Å²) in [6.07, 6.45) is 3.33. The van der Waals surface area contributed by atoms with E-state index in [1.165, 1.54) is 17.2 Å². The lowest BCUT2D eigenvalue weighted by molar-refractivity contribution is -0.130. The molecule has 1 aromatic carbocycles. The van der Waals surface area contributed by atoms with Crippen molar-refractivity contribution in [2.45, 2.75) is 25.4 Å². The SMILES string of the molecule is CN=C(NCC(=O)N1CCc2ccccc2C1)NC1CCN(c2ncccc2F)C1.I. The number of benzene rings is 1. The van der Waals surface area contributed by atoms with E-state index in [2.05, 4.69) is 32.7 Å². The standard InChI is InChI=1S/C22H27FN6O.HI/c1-24-22(27-18-9-12-29(15-18)21-19(23)7-4-10-25-21)26-13-20(30)28-11-8-16-5-2-3-6-17(16)14-28;/h2-7,10,18H,8-9,11-15H2,1H3,(H2,24,26,27);1H. The number of aromatic nitrogens is 1. The highest BCUT2D eigenvalue weighted by molar-refractivity contribution is 14.0. The third-order valence-electron chi connectivity index (χ3n) is 5.68. The van der Waals surface area contributed by atoms with E-state index in [-0.39, 0.29) is 48.3 Å². The van der Waals surface area contributed by atoms with Gasteiger partial charge in [0, 0.05) is 45.5 Å². The molecule has 166 valence electrons. The first-order valence-electron chi connectivity index (χ1n) is 10.3. The van der Waals surface area contributed by atoms with E-state index < -0.39 is 0 Å². The fraction of sp³-hybridized carbons (Fsp3) is 0.409. The summed E-state index contributed by atoms with van der Waals surface area (Å²) in [7, 11) is 1.68. The van der Waals surface area contributed by atoms with Gasteiger partial charge in [-0.1, -0.05) is 24.3 Å². The number of nitrogens with zero attached hydrogens (tertiary/aromatic N) is 4. The average Bonchev–Trinajstić information content (AvgIpc) is 3.24. The number of hydrogen-bond donors (Lipinski definition) is 2. The van der Waals surface area contributed by atoms with E-state index >= 15 is 0 Å². The van der Waals surface area contributed by atoms with Crippen molar-refractivity contribution in [1.82, 2.24) is 20.5 Å². The molecule has 7 nitrogen and oxygen atoms in total. The van der Waals surface area contributed by atoms with Gasteiger partial charge in [0.25, 0.3) is 0 Å². The molecule has 1 aromatic heterocycles. The van der Waals surface area contributed by atoms with E-state index in [0.29, 0.717) is 31.4 Å². The van der Waals surface area contributed by atoms with Gasteiger partial charge in [0.2, 0.25) is 5.91 Å². The minimum atomic E-state index is -0.311. The molecule has 0 aliphatic carbocycles. The van der Waals surface area contributed by atoms with Gasteiger partial charge in [-0.3, -0.25) is 9.79 Å². The van der Waals surface area contributed by atoms with Gasteiger partial charge in [0.1, 0.15) is 0 Å². The minimum Gasteiger partial charge on any atom is -0.352 e. The Morgan fingerprint density at radius 1 is 1.23 bits per heavy atom. The molecule has 1 fully saturated rings. The molecular formula is C22H28FIN6O. The van der Waals surface area contributed by atoms with Crippen LogP contribution < -0.4 is 15.5 Å². The van der Waals surface area contributed by atoms with Crippen molar-refractivity contribution in [2.24, 2.45) is 4.99 Å². The second kappa shape index (κ2) is 10.7. The van der Waals surface area contributed by atoms with Gasteiger partial charge in [0.05, 0.1) is 6.54 Å². The zero-order chi connectivity index (χ0) is 20.9. The summed E-state index contributed by atoms with van der Waals surface area (Å²) in [5.74, 6) is 0.699. The van der Waals surface area contributed by atoms with Crippen LogP contribution in [0.3, 0.4) is 0 Å². The molecule has 4 rings (SSSR count). The van der Waals surface area contributed by atoms with Crippen LogP contribution in [-0.2, 0) is 17.8 Å². The number of aliphatic imine (C=N–C) groups is 1. The van der Waals surface area contributed by atoms with Gasteiger partial charge in [-0.2, -0.15) is 0 Å². The predicted octanol–water partition coefficient (Wildman–Crippen LogP) is 2.17. The average molecular weight is 538 g/mol. The maximum Gasteiger partial charge on any atom is 0.242 e. The Balaban J connectivity index is 0.00000272. The van der Waals surface area contributed by atoms with Crippen molar-refractivity contribution in [2.75, 3.05) is 38.1 Å². The topological polar surface area (TPSA) is 72.9 Å². The summed E-state index contributed by atoms with van der Waals surface area (Å²) in [6, 6.07) is 11.4. The van der Waals surface area contributed by atoms with Crippen LogP contribution in [0.15, 0.2) is 47.6 Å². The Morgan fingerprint density at radius 2 is 2.03 bits per heavy atom. The summed E-state index contributed by atoms with van der Waals surface area (Å²) < 4.78 is 14.0. The molecule has 2 N–H and O–H groups in total. The first kappa shape index (κ1) is 23.2. The fourth-order valence-electron chi connectivity index (χ4n) is 4.05. The molecule has 31 heavy (non-hydrogen) atoms. The molecule has 1 atom stereocenters.